The van der Waals surface area contributed by atoms with E-state index in [1.807, 2.05) is 49.4 Å². The maximum absolute atomic E-state index is 12.1. The lowest BCUT2D eigenvalue weighted by molar-refractivity contribution is -0.121. The molecule has 0 radical (unpaired) electrons. The highest BCUT2D eigenvalue weighted by Gasteiger charge is 2.31. The molecule has 2 amide bonds. The van der Waals surface area contributed by atoms with Gasteiger partial charge in [-0.05, 0) is 36.8 Å². The van der Waals surface area contributed by atoms with E-state index in [-0.39, 0.29) is 24.7 Å². The predicted octanol–water partition coefficient (Wildman–Crippen LogP) is 2.84. The Hall–Kier alpha value is -3.48. The Kier molecular flexibility index (Phi) is 4.42. The molecule has 0 atom stereocenters. The third kappa shape index (κ3) is 3.19. The molecule has 1 aliphatic rings. The molecule has 0 saturated carbocycles. The minimum atomic E-state index is -0.147. The molecule has 2 heterocycles. The summed E-state index contributed by atoms with van der Waals surface area (Å²) in [6.07, 6.45) is 2.27. The minimum absolute atomic E-state index is 0.147. The van der Waals surface area contributed by atoms with E-state index < -0.39 is 0 Å². The van der Waals surface area contributed by atoms with Crippen LogP contribution in [0.4, 0.5) is 11.4 Å². The van der Waals surface area contributed by atoms with Crippen LogP contribution in [0.3, 0.4) is 0 Å². The number of benzene rings is 2. The summed E-state index contributed by atoms with van der Waals surface area (Å²) < 4.78 is 1.78. The third-order valence-corrected chi connectivity index (χ3v) is 4.68. The van der Waals surface area contributed by atoms with Crippen LogP contribution in [0, 0.1) is 6.92 Å². The number of aromatic nitrogens is 3. The van der Waals surface area contributed by atoms with Gasteiger partial charge in [-0.3, -0.25) is 14.5 Å². The zero-order chi connectivity index (χ0) is 18.8. The highest BCUT2D eigenvalue weighted by atomic mass is 16.2. The van der Waals surface area contributed by atoms with Gasteiger partial charge in [0.25, 0.3) is 0 Å². The first-order valence-electron chi connectivity index (χ1n) is 8.79. The minimum Gasteiger partial charge on any atom is -0.379 e. The lowest BCUT2D eigenvalue weighted by atomic mass is 10.1. The monoisotopic (exact) mass is 361 g/mol. The Morgan fingerprint density at radius 3 is 2.48 bits per heavy atom. The Morgan fingerprint density at radius 2 is 1.74 bits per heavy atom. The largest absolute Gasteiger partial charge is 0.379 e. The van der Waals surface area contributed by atoms with Crippen LogP contribution < -0.4 is 10.2 Å². The van der Waals surface area contributed by atoms with Gasteiger partial charge in [-0.2, -0.15) is 0 Å². The molecular formula is C20H19N5O2. The highest BCUT2D eigenvalue weighted by molar-refractivity contribution is 6.20. The second-order valence-corrected chi connectivity index (χ2v) is 6.40. The molecule has 27 heavy (non-hydrogen) atoms. The number of carbonyl (C=O) groups excluding carboxylic acids is 2. The highest BCUT2D eigenvalue weighted by Crippen LogP contribution is 2.30. The van der Waals surface area contributed by atoms with Crippen molar-refractivity contribution in [3.8, 4) is 5.69 Å². The Bertz CT molecular complexity index is 981. The number of imide groups is 1. The normalized spacial score (nSPS) is 14.0. The molecule has 1 aliphatic heterocycles. The maximum atomic E-state index is 12.1. The van der Waals surface area contributed by atoms with E-state index in [0.29, 0.717) is 12.2 Å². The topological polar surface area (TPSA) is 80.1 Å². The first-order valence-corrected chi connectivity index (χ1v) is 8.79. The van der Waals surface area contributed by atoms with Gasteiger partial charge >= 0.3 is 0 Å². The van der Waals surface area contributed by atoms with Gasteiger partial charge in [-0.25, -0.2) is 4.68 Å². The molecule has 136 valence electrons. The summed E-state index contributed by atoms with van der Waals surface area (Å²) in [6, 6.07) is 15.4. The molecule has 0 aliphatic carbocycles. The van der Waals surface area contributed by atoms with Crippen LogP contribution in [-0.4, -0.2) is 26.8 Å². The second kappa shape index (κ2) is 7.03. The summed E-state index contributed by atoms with van der Waals surface area (Å²) in [6.45, 7) is 2.41. The van der Waals surface area contributed by atoms with Crippen molar-refractivity contribution in [3.63, 3.8) is 0 Å². The number of rotatable bonds is 5. The molecule has 1 aromatic heterocycles. The van der Waals surface area contributed by atoms with Crippen molar-refractivity contribution in [1.29, 1.82) is 0 Å². The van der Waals surface area contributed by atoms with Crippen molar-refractivity contribution < 1.29 is 9.59 Å². The molecule has 0 spiro atoms. The fourth-order valence-corrected chi connectivity index (χ4v) is 3.25. The number of hydrogen-bond donors (Lipinski definition) is 1. The number of nitrogens with one attached hydrogen (secondary N) is 1. The van der Waals surface area contributed by atoms with E-state index >= 15 is 0 Å². The number of para-hydroxylation sites is 1. The average molecular weight is 361 g/mol. The number of hydrogen-bond acceptors (Lipinski definition) is 5. The van der Waals surface area contributed by atoms with E-state index in [2.05, 4.69) is 15.6 Å². The Balaban J connectivity index is 1.57. The summed E-state index contributed by atoms with van der Waals surface area (Å²) in [5, 5.41) is 11.5. The van der Waals surface area contributed by atoms with Gasteiger partial charge in [0.2, 0.25) is 11.8 Å². The van der Waals surface area contributed by atoms with Crippen molar-refractivity contribution in [1.82, 2.24) is 15.0 Å². The zero-order valence-electron chi connectivity index (χ0n) is 14.9. The predicted molar refractivity (Wildman–Crippen MR) is 102 cm³/mol. The van der Waals surface area contributed by atoms with Crippen LogP contribution in [0.1, 0.15) is 24.1 Å². The lowest BCUT2D eigenvalue weighted by Gasteiger charge is -2.19. The van der Waals surface area contributed by atoms with E-state index in [0.717, 1.165) is 22.6 Å². The van der Waals surface area contributed by atoms with Crippen molar-refractivity contribution in [2.45, 2.75) is 26.3 Å². The summed E-state index contributed by atoms with van der Waals surface area (Å²) in [5.74, 6) is -0.293. The van der Waals surface area contributed by atoms with Crippen molar-refractivity contribution in [3.05, 3.63) is 66.0 Å². The van der Waals surface area contributed by atoms with Crippen LogP contribution >= 0.6 is 0 Å². The SMILES string of the molecule is Cc1c(NCc2cnnn2-c2ccccc2)cccc1N1C(=O)CCC1=O. The molecule has 7 nitrogen and oxygen atoms in total. The summed E-state index contributed by atoms with van der Waals surface area (Å²) in [4.78, 5) is 25.4. The van der Waals surface area contributed by atoms with E-state index in [1.54, 1.807) is 16.9 Å². The molecule has 4 rings (SSSR count). The first-order chi connectivity index (χ1) is 13.1. The molecule has 3 aromatic rings. The van der Waals surface area contributed by atoms with E-state index in [1.165, 1.54) is 4.90 Å². The average Bonchev–Trinajstić information content (AvgIpc) is 3.28. The van der Waals surface area contributed by atoms with Gasteiger partial charge in [0.15, 0.2) is 0 Å². The summed E-state index contributed by atoms with van der Waals surface area (Å²) >= 11 is 0. The molecule has 1 fully saturated rings. The molecule has 0 unspecified atom stereocenters. The first kappa shape index (κ1) is 17.0. The van der Waals surface area contributed by atoms with Crippen molar-refractivity contribution in [2.75, 3.05) is 10.2 Å². The van der Waals surface area contributed by atoms with Crippen molar-refractivity contribution in [2.24, 2.45) is 0 Å². The van der Waals surface area contributed by atoms with Gasteiger partial charge in [-0.15, -0.1) is 5.10 Å². The molecule has 2 aromatic carbocycles. The van der Waals surface area contributed by atoms with Crippen LogP contribution in [0.25, 0.3) is 5.69 Å². The fourth-order valence-electron chi connectivity index (χ4n) is 3.25. The van der Waals surface area contributed by atoms with Crippen LogP contribution in [0.15, 0.2) is 54.7 Å². The molecule has 1 saturated heterocycles. The fraction of sp³-hybridized carbons (Fsp3) is 0.200. The second-order valence-electron chi connectivity index (χ2n) is 6.40. The van der Waals surface area contributed by atoms with Gasteiger partial charge < -0.3 is 5.32 Å². The van der Waals surface area contributed by atoms with Gasteiger partial charge in [-0.1, -0.05) is 29.5 Å². The smallest absolute Gasteiger partial charge is 0.234 e. The van der Waals surface area contributed by atoms with E-state index in [9.17, 15) is 9.59 Å². The van der Waals surface area contributed by atoms with E-state index in [4.69, 9.17) is 0 Å². The van der Waals surface area contributed by atoms with Crippen LogP contribution in [-0.2, 0) is 16.1 Å². The molecule has 7 heteroatoms. The Morgan fingerprint density at radius 1 is 1.00 bits per heavy atom. The van der Waals surface area contributed by atoms with Crippen molar-refractivity contribution >= 4 is 23.2 Å². The quantitative estimate of drug-likeness (QED) is 0.707. The maximum Gasteiger partial charge on any atom is 0.234 e. The summed E-state index contributed by atoms with van der Waals surface area (Å²) in [7, 11) is 0. The van der Waals surface area contributed by atoms with Gasteiger partial charge in [0, 0.05) is 18.5 Å². The number of amides is 2. The van der Waals surface area contributed by atoms with Gasteiger partial charge in [0.05, 0.1) is 29.8 Å². The standard InChI is InChI=1S/C20H19N5O2/c1-14-17(8-5-9-18(14)24-19(26)10-11-20(24)27)21-12-16-13-22-23-25(16)15-6-3-2-4-7-15/h2-9,13,21H,10-12H2,1H3. The number of carbonyl (C=O) groups is 2. The molecule has 1 N–H and O–H groups in total. The lowest BCUT2D eigenvalue weighted by Crippen LogP contribution is -2.29. The van der Waals surface area contributed by atoms with Crippen LogP contribution in [0.2, 0.25) is 0 Å². The number of nitrogens with zero attached hydrogens (tertiary/aromatic N) is 4. The number of anilines is 2. The van der Waals surface area contributed by atoms with Crippen LogP contribution in [0.5, 0.6) is 0 Å². The Labute approximate surface area is 156 Å². The zero-order valence-corrected chi connectivity index (χ0v) is 14.9. The van der Waals surface area contributed by atoms with Gasteiger partial charge in [0.1, 0.15) is 0 Å². The molecular weight excluding hydrogens is 342 g/mol. The molecule has 0 bridgehead atoms. The third-order valence-electron chi connectivity index (χ3n) is 4.68. The summed E-state index contributed by atoms with van der Waals surface area (Å²) in [5.41, 5.74) is 4.20.